The number of aliphatic hydroxyl groups excluding tert-OH is 1. The zero-order valence-corrected chi connectivity index (χ0v) is 26.4. The van der Waals surface area contributed by atoms with Crippen molar-refractivity contribution in [1.29, 1.82) is 0 Å². The highest BCUT2D eigenvalue weighted by Gasteiger charge is 2.67. The van der Waals surface area contributed by atoms with Crippen LogP contribution in [-0.4, -0.2) is 91.0 Å². The molecule has 3 saturated carbocycles. The van der Waals surface area contributed by atoms with Crippen molar-refractivity contribution < 1.29 is 33.5 Å². The second-order valence-corrected chi connectivity index (χ2v) is 14.4. The van der Waals surface area contributed by atoms with Crippen molar-refractivity contribution >= 4 is 0 Å². The average Bonchev–Trinajstić information content (AvgIpc) is 2.96. The first-order valence-corrected chi connectivity index (χ1v) is 16.7. The molecule has 7 heteroatoms. The van der Waals surface area contributed by atoms with Crippen LogP contribution in [0.15, 0.2) is 11.6 Å². The van der Waals surface area contributed by atoms with E-state index in [0.717, 1.165) is 19.6 Å². The van der Waals surface area contributed by atoms with E-state index in [9.17, 15) is 5.11 Å². The zero-order chi connectivity index (χ0) is 28.9. The number of hydrogen-bond acceptors (Lipinski definition) is 7. The normalized spacial score (nSPS) is 43.9. The van der Waals surface area contributed by atoms with Crippen molar-refractivity contribution in [3.63, 3.8) is 0 Å². The summed E-state index contributed by atoms with van der Waals surface area (Å²) in [6.45, 7) is 17.4. The predicted molar refractivity (Wildman–Crippen MR) is 159 cm³/mol. The van der Waals surface area contributed by atoms with Crippen molar-refractivity contribution in [3.05, 3.63) is 11.6 Å². The van der Waals surface area contributed by atoms with E-state index in [2.05, 4.69) is 33.8 Å². The number of hydrogen-bond donors (Lipinski definition) is 1. The summed E-state index contributed by atoms with van der Waals surface area (Å²) in [7, 11) is 0. The molecule has 0 aromatic carbocycles. The van der Waals surface area contributed by atoms with E-state index in [4.69, 9.17) is 28.4 Å². The van der Waals surface area contributed by atoms with Gasteiger partial charge in [0, 0.05) is 6.61 Å². The van der Waals surface area contributed by atoms with Crippen LogP contribution < -0.4 is 0 Å². The molecule has 0 aromatic rings. The Bertz CT molecular complexity index is 862. The highest BCUT2D eigenvalue weighted by atomic mass is 16.6. The molecule has 8 atom stereocenters. The molecule has 0 unspecified atom stereocenters. The van der Waals surface area contributed by atoms with Crippen LogP contribution in [0.1, 0.15) is 66.2 Å². The lowest BCUT2D eigenvalue weighted by Gasteiger charge is -2.70. The third-order valence-electron chi connectivity index (χ3n) is 12.0. The first-order valence-electron chi connectivity index (χ1n) is 16.7. The molecular weight excluding hydrogens is 520 g/mol. The summed E-state index contributed by atoms with van der Waals surface area (Å²) >= 11 is 0. The lowest BCUT2D eigenvalue weighted by molar-refractivity contribution is -0.204. The van der Waals surface area contributed by atoms with Crippen molar-refractivity contribution in [2.24, 2.45) is 51.8 Å². The minimum atomic E-state index is 0.0387. The number of allylic oxidation sites excluding steroid dienone is 2. The van der Waals surface area contributed by atoms with Gasteiger partial charge in [0.2, 0.25) is 0 Å². The average molecular weight is 579 g/mol. The molecule has 0 amide bonds. The molecule has 41 heavy (non-hydrogen) atoms. The maximum Gasteiger partial charge on any atom is 0.0701 e. The molecule has 1 N–H and O–H groups in total. The molecule has 1 heterocycles. The fourth-order valence-electron chi connectivity index (χ4n) is 10.1. The minimum absolute atomic E-state index is 0.0387. The van der Waals surface area contributed by atoms with Crippen LogP contribution in [0.2, 0.25) is 0 Å². The first-order chi connectivity index (χ1) is 19.9. The van der Waals surface area contributed by atoms with E-state index < -0.39 is 0 Å². The van der Waals surface area contributed by atoms with Gasteiger partial charge in [0.05, 0.1) is 79.3 Å². The van der Waals surface area contributed by atoms with Crippen LogP contribution in [0.3, 0.4) is 0 Å². The Kier molecular flexibility index (Phi) is 10.9. The van der Waals surface area contributed by atoms with Crippen molar-refractivity contribution in [1.82, 2.24) is 0 Å². The third-order valence-corrected chi connectivity index (χ3v) is 12.0. The third kappa shape index (κ3) is 6.48. The van der Waals surface area contributed by atoms with Gasteiger partial charge in [0.1, 0.15) is 0 Å². The van der Waals surface area contributed by atoms with Gasteiger partial charge in [-0.25, -0.2) is 0 Å². The predicted octanol–water partition coefficient (Wildman–Crippen LogP) is 5.15. The van der Waals surface area contributed by atoms with Gasteiger partial charge in [-0.05, 0) is 83.9 Å². The fourth-order valence-corrected chi connectivity index (χ4v) is 10.1. The second-order valence-electron chi connectivity index (χ2n) is 14.4. The van der Waals surface area contributed by atoms with Crippen LogP contribution in [0.4, 0.5) is 0 Å². The van der Waals surface area contributed by atoms with Gasteiger partial charge in [-0.1, -0.05) is 45.8 Å². The maximum atomic E-state index is 10.6. The molecule has 1 aliphatic heterocycles. The molecule has 1 saturated heterocycles. The largest absolute Gasteiger partial charge is 0.396 e. The van der Waals surface area contributed by atoms with Crippen LogP contribution in [0.5, 0.6) is 0 Å². The molecule has 0 radical (unpaired) electrons. The summed E-state index contributed by atoms with van der Waals surface area (Å²) in [5, 5.41) is 10.6. The molecule has 6 rings (SSSR count). The number of fused-ring (bicyclic) bond motifs is 1. The number of aliphatic hydroxyl groups is 1. The van der Waals surface area contributed by atoms with Gasteiger partial charge >= 0.3 is 0 Å². The molecule has 4 fully saturated rings. The second kappa shape index (κ2) is 14.0. The summed E-state index contributed by atoms with van der Waals surface area (Å²) in [6, 6.07) is 0. The molecule has 236 valence electrons. The summed E-state index contributed by atoms with van der Waals surface area (Å²) in [5.74, 6) is 3.15. The highest BCUT2D eigenvalue weighted by Crippen LogP contribution is 2.73. The molecule has 5 aliphatic carbocycles. The van der Waals surface area contributed by atoms with Crippen LogP contribution in [-0.2, 0) is 28.4 Å². The Balaban J connectivity index is 1.39. The van der Waals surface area contributed by atoms with Gasteiger partial charge in [0.15, 0.2) is 0 Å². The van der Waals surface area contributed by atoms with Crippen LogP contribution >= 0.6 is 0 Å². The Morgan fingerprint density at radius 3 is 1.88 bits per heavy atom. The van der Waals surface area contributed by atoms with E-state index >= 15 is 0 Å². The highest BCUT2D eigenvalue weighted by molar-refractivity contribution is 5.31. The number of ether oxygens (including phenoxy) is 6. The summed E-state index contributed by atoms with van der Waals surface area (Å²) in [6.07, 6.45) is 10.1. The Morgan fingerprint density at radius 1 is 0.756 bits per heavy atom. The molecule has 2 bridgehead atoms. The Hall–Kier alpha value is -0.540. The topological polar surface area (TPSA) is 75.6 Å². The van der Waals surface area contributed by atoms with E-state index in [1.807, 2.05) is 0 Å². The van der Waals surface area contributed by atoms with Gasteiger partial charge in [-0.2, -0.15) is 0 Å². The van der Waals surface area contributed by atoms with Crippen LogP contribution in [0, 0.1) is 51.8 Å². The lowest BCUT2D eigenvalue weighted by atomic mass is 9.34. The maximum absolute atomic E-state index is 10.6. The SMILES string of the molecule is CC(C)C1=C[C@]23CC[C@H]4[C@](C)(CO)CCC[C@]4(C)[C@H]2C[C@H]1[C@H]1COCCOCCOCCOCCOCCOC[C@H]13. The van der Waals surface area contributed by atoms with Gasteiger partial charge in [-0.15, -0.1) is 0 Å². The molecule has 7 nitrogen and oxygen atoms in total. The summed E-state index contributed by atoms with van der Waals surface area (Å²) in [5.41, 5.74) is 2.07. The van der Waals surface area contributed by atoms with Crippen molar-refractivity contribution in [2.75, 3.05) is 85.9 Å². The van der Waals surface area contributed by atoms with Crippen molar-refractivity contribution in [2.45, 2.75) is 66.2 Å². The van der Waals surface area contributed by atoms with E-state index in [1.165, 1.54) is 32.1 Å². The standard InChI is InChI=1S/C34H58O7/c1-25(2)27-21-34-9-6-30-32(3,24-35)7-5-8-33(30,4)31(34)20-26(27)28-22-40-18-16-38-14-12-36-10-11-37-13-15-39-17-19-41-23-29(28)34/h21,25-26,28-31,35H,5-20,22-24H2,1-4H3/t26-,28-,29-,30+,31-,32+,33+,34+/m1/s1. The monoisotopic (exact) mass is 578 g/mol. The quantitative estimate of drug-likeness (QED) is 0.454. The van der Waals surface area contributed by atoms with Gasteiger partial charge in [0.25, 0.3) is 0 Å². The minimum Gasteiger partial charge on any atom is -0.396 e. The van der Waals surface area contributed by atoms with Crippen molar-refractivity contribution in [3.8, 4) is 0 Å². The number of rotatable bonds is 2. The summed E-state index contributed by atoms with van der Waals surface area (Å²) < 4.78 is 35.7. The molecule has 1 spiro atoms. The van der Waals surface area contributed by atoms with Gasteiger partial charge < -0.3 is 33.5 Å². The Labute approximate surface area is 249 Å². The van der Waals surface area contributed by atoms with E-state index in [1.54, 1.807) is 5.57 Å². The fraction of sp³-hybridized carbons (Fsp3) is 0.941. The molecule has 0 aromatic heterocycles. The molecule has 6 aliphatic rings. The first kappa shape index (κ1) is 31.9. The van der Waals surface area contributed by atoms with E-state index in [0.29, 0.717) is 108 Å². The summed E-state index contributed by atoms with van der Waals surface area (Å²) in [4.78, 5) is 0. The lowest BCUT2D eigenvalue weighted by Crippen LogP contribution is -2.65. The smallest absolute Gasteiger partial charge is 0.0701 e. The zero-order valence-electron chi connectivity index (χ0n) is 26.4. The Morgan fingerprint density at radius 2 is 1.32 bits per heavy atom. The molecular formula is C34H58O7. The van der Waals surface area contributed by atoms with E-state index in [-0.39, 0.29) is 16.2 Å². The van der Waals surface area contributed by atoms with Crippen LogP contribution in [0.25, 0.3) is 0 Å². The van der Waals surface area contributed by atoms with Gasteiger partial charge in [-0.3, -0.25) is 0 Å².